The zero-order chi connectivity index (χ0) is 15.5. The normalized spacial score (nSPS) is 15.4. The van der Waals surface area contributed by atoms with Gasteiger partial charge in [0.05, 0.1) is 11.6 Å². The van der Waals surface area contributed by atoms with E-state index in [9.17, 15) is 8.42 Å². The van der Waals surface area contributed by atoms with Gasteiger partial charge in [0.15, 0.2) is 0 Å². The number of aliphatic hydroxyl groups is 1. The molecule has 0 unspecified atom stereocenters. The zero-order valence-corrected chi connectivity index (χ0v) is 13.5. The van der Waals surface area contributed by atoms with Crippen LogP contribution in [-0.4, -0.2) is 48.6 Å². The topological polar surface area (TPSA) is 82.5 Å². The van der Waals surface area contributed by atoms with Gasteiger partial charge in [-0.05, 0) is 25.3 Å². The third kappa shape index (κ3) is 3.85. The van der Waals surface area contributed by atoms with Crippen LogP contribution in [0.3, 0.4) is 0 Å². The summed E-state index contributed by atoms with van der Waals surface area (Å²) in [6.07, 6.45) is 3.89. The zero-order valence-electron chi connectivity index (χ0n) is 11.9. The van der Waals surface area contributed by atoms with Gasteiger partial charge < -0.3 is 10.4 Å². The van der Waals surface area contributed by atoms with Crippen molar-refractivity contribution in [3.05, 3.63) is 17.3 Å². The van der Waals surface area contributed by atoms with Crippen molar-refractivity contribution < 1.29 is 13.5 Å². The van der Waals surface area contributed by atoms with Crippen molar-refractivity contribution in [3.63, 3.8) is 0 Å². The summed E-state index contributed by atoms with van der Waals surface area (Å²) in [5.41, 5.74) is 0. The van der Waals surface area contributed by atoms with Gasteiger partial charge in [0.1, 0.15) is 10.7 Å². The Bertz CT molecular complexity index is 590. The van der Waals surface area contributed by atoms with Crippen LogP contribution in [0.5, 0.6) is 0 Å². The Labute approximate surface area is 130 Å². The third-order valence-electron chi connectivity index (χ3n) is 3.24. The maximum atomic E-state index is 12.6. The molecule has 0 bridgehead atoms. The SMILES string of the molecule is CCCNc1ncc(S(=O)(=O)N(CCO)C2CC2)cc1Cl. The van der Waals surface area contributed by atoms with Gasteiger partial charge in [0.2, 0.25) is 10.0 Å². The molecule has 1 aromatic rings. The van der Waals surface area contributed by atoms with Crippen molar-refractivity contribution in [1.29, 1.82) is 0 Å². The Balaban J connectivity index is 2.25. The van der Waals surface area contributed by atoms with Gasteiger partial charge in [-0.25, -0.2) is 13.4 Å². The number of anilines is 1. The van der Waals surface area contributed by atoms with Gasteiger partial charge in [0, 0.05) is 25.3 Å². The lowest BCUT2D eigenvalue weighted by molar-refractivity contribution is 0.250. The molecule has 1 aromatic heterocycles. The minimum atomic E-state index is -3.66. The molecule has 6 nitrogen and oxygen atoms in total. The number of nitrogens with one attached hydrogen (secondary N) is 1. The molecule has 8 heteroatoms. The predicted octanol–water partition coefficient (Wildman–Crippen LogP) is 1.70. The maximum absolute atomic E-state index is 12.6. The number of sulfonamides is 1. The molecule has 1 heterocycles. The Hall–Kier alpha value is -0.890. The first-order chi connectivity index (χ1) is 10.0. The van der Waals surface area contributed by atoms with E-state index >= 15 is 0 Å². The standard InChI is InChI=1S/C13H20ClN3O3S/c1-2-5-15-13-12(14)8-11(9-16-13)21(19,20)17(6-7-18)10-3-4-10/h8-10,18H,2-7H2,1H3,(H,15,16). The van der Waals surface area contributed by atoms with Gasteiger partial charge >= 0.3 is 0 Å². The van der Waals surface area contributed by atoms with Crippen molar-refractivity contribution in [2.24, 2.45) is 0 Å². The Morgan fingerprint density at radius 3 is 2.76 bits per heavy atom. The van der Waals surface area contributed by atoms with Crippen molar-refractivity contribution in [1.82, 2.24) is 9.29 Å². The molecule has 1 fully saturated rings. The number of halogens is 1. The van der Waals surface area contributed by atoms with E-state index < -0.39 is 10.0 Å². The van der Waals surface area contributed by atoms with Gasteiger partial charge in [-0.15, -0.1) is 0 Å². The summed E-state index contributed by atoms with van der Waals surface area (Å²) in [5, 5.41) is 12.4. The Kier molecular flexibility index (Phi) is 5.43. The first kappa shape index (κ1) is 16.5. The number of aromatic nitrogens is 1. The summed E-state index contributed by atoms with van der Waals surface area (Å²) in [7, 11) is -3.66. The maximum Gasteiger partial charge on any atom is 0.244 e. The van der Waals surface area contributed by atoms with E-state index in [0.29, 0.717) is 5.82 Å². The molecule has 0 aromatic carbocycles. The number of rotatable bonds is 8. The van der Waals surface area contributed by atoms with Gasteiger partial charge in [0.25, 0.3) is 0 Å². The second-order valence-electron chi connectivity index (χ2n) is 5.00. The largest absolute Gasteiger partial charge is 0.395 e. The number of pyridine rings is 1. The molecule has 1 saturated carbocycles. The fourth-order valence-electron chi connectivity index (χ4n) is 2.03. The van der Waals surface area contributed by atoms with Crippen LogP contribution in [0.25, 0.3) is 0 Å². The van der Waals surface area contributed by atoms with Crippen LogP contribution < -0.4 is 5.32 Å². The molecule has 21 heavy (non-hydrogen) atoms. The second-order valence-corrected chi connectivity index (χ2v) is 7.30. The highest BCUT2D eigenvalue weighted by Gasteiger charge is 2.37. The van der Waals surface area contributed by atoms with Crippen molar-refractivity contribution >= 4 is 27.4 Å². The Morgan fingerprint density at radius 2 is 2.24 bits per heavy atom. The predicted molar refractivity (Wildman–Crippen MR) is 82.0 cm³/mol. The number of hydrogen-bond donors (Lipinski definition) is 2. The quantitative estimate of drug-likeness (QED) is 0.756. The molecule has 2 N–H and O–H groups in total. The van der Waals surface area contributed by atoms with Crippen LogP contribution in [0, 0.1) is 0 Å². The minimum absolute atomic E-state index is 0.0150. The fraction of sp³-hybridized carbons (Fsp3) is 0.615. The molecular formula is C13H20ClN3O3S. The smallest absolute Gasteiger partial charge is 0.244 e. The molecular weight excluding hydrogens is 314 g/mol. The first-order valence-corrected chi connectivity index (χ1v) is 8.84. The fourth-order valence-corrected chi connectivity index (χ4v) is 3.98. The van der Waals surface area contributed by atoms with E-state index in [2.05, 4.69) is 10.3 Å². The lowest BCUT2D eigenvalue weighted by atomic mass is 10.4. The second kappa shape index (κ2) is 6.91. The lowest BCUT2D eigenvalue weighted by Gasteiger charge is -2.21. The van der Waals surface area contributed by atoms with E-state index in [1.807, 2.05) is 6.92 Å². The van der Waals surface area contributed by atoms with E-state index in [4.69, 9.17) is 16.7 Å². The van der Waals surface area contributed by atoms with Crippen LogP contribution in [0.15, 0.2) is 17.2 Å². The summed E-state index contributed by atoms with van der Waals surface area (Å²) in [6.45, 7) is 2.63. The van der Waals surface area contributed by atoms with E-state index in [-0.39, 0.29) is 29.1 Å². The molecule has 1 aliphatic rings. The average molecular weight is 334 g/mol. The van der Waals surface area contributed by atoms with Gasteiger partial charge in [-0.1, -0.05) is 18.5 Å². The highest BCUT2D eigenvalue weighted by molar-refractivity contribution is 7.89. The molecule has 118 valence electrons. The van der Waals surface area contributed by atoms with E-state index in [0.717, 1.165) is 25.8 Å². The highest BCUT2D eigenvalue weighted by Crippen LogP contribution is 2.32. The molecule has 0 saturated heterocycles. The van der Waals surface area contributed by atoms with Crippen molar-refractivity contribution in [2.45, 2.75) is 37.1 Å². The van der Waals surface area contributed by atoms with Gasteiger partial charge in [-0.3, -0.25) is 0 Å². The minimum Gasteiger partial charge on any atom is -0.395 e. The first-order valence-electron chi connectivity index (χ1n) is 7.02. The van der Waals surface area contributed by atoms with Crippen LogP contribution in [0.2, 0.25) is 5.02 Å². The molecule has 2 rings (SSSR count). The highest BCUT2D eigenvalue weighted by atomic mass is 35.5. The number of nitrogens with zero attached hydrogens (tertiary/aromatic N) is 2. The molecule has 0 amide bonds. The molecule has 0 radical (unpaired) electrons. The molecule has 0 aliphatic heterocycles. The summed E-state index contributed by atoms with van der Waals surface area (Å²) in [4.78, 5) is 4.16. The van der Waals surface area contributed by atoms with Crippen molar-refractivity contribution in [2.75, 3.05) is 25.0 Å². The molecule has 0 atom stereocenters. The summed E-state index contributed by atoms with van der Waals surface area (Å²) < 4.78 is 26.5. The van der Waals surface area contributed by atoms with Crippen LogP contribution in [0.1, 0.15) is 26.2 Å². The summed E-state index contributed by atoms with van der Waals surface area (Å²) >= 11 is 6.09. The molecule has 1 aliphatic carbocycles. The summed E-state index contributed by atoms with van der Waals surface area (Å²) in [5.74, 6) is 0.484. The van der Waals surface area contributed by atoms with Crippen LogP contribution >= 0.6 is 11.6 Å². The average Bonchev–Trinajstić information content (AvgIpc) is 3.27. The van der Waals surface area contributed by atoms with Gasteiger partial charge in [-0.2, -0.15) is 4.31 Å². The van der Waals surface area contributed by atoms with E-state index in [1.54, 1.807) is 0 Å². The van der Waals surface area contributed by atoms with E-state index in [1.165, 1.54) is 16.6 Å². The monoisotopic (exact) mass is 333 g/mol. The third-order valence-corrected chi connectivity index (χ3v) is 5.44. The number of hydrogen-bond acceptors (Lipinski definition) is 5. The number of aliphatic hydroxyl groups excluding tert-OH is 1. The lowest BCUT2D eigenvalue weighted by Crippen LogP contribution is -2.35. The van der Waals surface area contributed by atoms with Crippen LogP contribution in [0.4, 0.5) is 5.82 Å². The molecule has 0 spiro atoms. The van der Waals surface area contributed by atoms with Crippen molar-refractivity contribution in [3.8, 4) is 0 Å². The Morgan fingerprint density at radius 1 is 1.52 bits per heavy atom. The van der Waals surface area contributed by atoms with Crippen LogP contribution in [-0.2, 0) is 10.0 Å². The summed E-state index contributed by atoms with van der Waals surface area (Å²) in [6, 6.07) is 1.40.